The van der Waals surface area contributed by atoms with Crippen LogP contribution in [0.5, 0.6) is 0 Å². The third-order valence-corrected chi connectivity index (χ3v) is 5.43. The van der Waals surface area contributed by atoms with E-state index in [4.69, 9.17) is 0 Å². The van der Waals surface area contributed by atoms with Crippen LogP contribution in [-0.4, -0.2) is 0 Å². The molecule has 8 bridgehead atoms. The highest BCUT2D eigenvalue weighted by atomic mass is 14.0. The second kappa shape index (κ2) is 9.09. The average molecular weight is 405 g/mol. The molecule has 0 atom stereocenters. The van der Waals surface area contributed by atoms with Gasteiger partial charge in [0.05, 0.1) is 0 Å². The highest BCUT2D eigenvalue weighted by molar-refractivity contribution is 5.69. The van der Waals surface area contributed by atoms with E-state index in [2.05, 4.69) is 120 Å². The van der Waals surface area contributed by atoms with Gasteiger partial charge in [-0.25, -0.2) is 0 Å². The fourth-order valence-electron chi connectivity index (χ4n) is 3.59. The molecule has 0 unspecified atom stereocenters. The molecule has 7 aliphatic rings. The summed E-state index contributed by atoms with van der Waals surface area (Å²) in [6.07, 6.45) is 7.79. The first-order valence-corrected chi connectivity index (χ1v) is 10.6. The largest absolute Gasteiger partial charge is 0.0696 e. The molecule has 0 radical (unpaired) electrons. The topological polar surface area (TPSA) is 0 Å². The fraction of sp³-hybridized carbons (Fsp3) is 0. The highest BCUT2D eigenvalue weighted by Gasteiger charge is 1.98. The smallest absolute Gasteiger partial charge is 0.00427 e. The van der Waals surface area contributed by atoms with Crippen LogP contribution in [0.3, 0.4) is 0 Å². The third-order valence-electron chi connectivity index (χ3n) is 5.43. The molecule has 0 heteroatoms. The van der Waals surface area contributed by atoms with Crippen molar-refractivity contribution in [1.29, 1.82) is 0 Å². The van der Waals surface area contributed by atoms with Crippen LogP contribution < -0.4 is 0 Å². The Kier molecular flexibility index (Phi) is 5.53. The van der Waals surface area contributed by atoms with Gasteiger partial charge in [-0.1, -0.05) is 120 Å². The van der Waals surface area contributed by atoms with Gasteiger partial charge < -0.3 is 0 Å². The van der Waals surface area contributed by atoms with Crippen molar-refractivity contribution in [3.8, 4) is 22.3 Å². The van der Waals surface area contributed by atoms with E-state index in [0.717, 1.165) is 22.3 Å². The van der Waals surface area contributed by atoms with Gasteiger partial charge in [0.2, 0.25) is 0 Å². The molecule has 0 N–H and O–H groups in total. The van der Waals surface area contributed by atoms with Gasteiger partial charge in [-0.05, 0) is 68.8 Å². The molecule has 7 aliphatic carbocycles. The van der Waals surface area contributed by atoms with Crippen LogP contribution in [0.2, 0.25) is 0 Å². The molecule has 0 amide bonds. The second-order valence-corrected chi connectivity index (χ2v) is 7.64. The van der Waals surface area contributed by atoms with Crippen molar-refractivity contribution >= 4 is 24.3 Å². The maximum absolute atomic E-state index is 3.14. The normalized spacial score (nSPS) is 11.5. The van der Waals surface area contributed by atoms with Crippen LogP contribution in [0.1, 0.15) is 22.3 Å². The van der Waals surface area contributed by atoms with Crippen LogP contribution in [0.15, 0.2) is 120 Å². The number of hydrogen-bond acceptors (Lipinski definition) is 0. The lowest BCUT2D eigenvalue weighted by Crippen LogP contribution is -1.79. The maximum atomic E-state index is 3.14. The molecule has 32 heavy (non-hydrogen) atoms. The predicted octanol–water partition coefficient (Wildman–Crippen LogP) is 8.30. The Labute approximate surface area is 188 Å². The van der Waals surface area contributed by atoms with Gasteiger partial charge in [-0.15, -0.1) is 0 Å². The lowest BCUT2D eigenvalue weighted by atomic mass is 10.0. The Morgan fingerprint density at radius 2 is 0.438 bits per heavy atom. The van der Waals surface area contributed by atoms with Crippen LogP contribution in [-0.2, 0) is 0 Å². The molecule has 4 aromatic rings. The van der Waals surface area contributed by atoms with Crippen molar-refractivity contribution in [1.82, 2.24) is 0 Å². The summed E-state index contributed by atoms with van der Waals surface area (Å²) >= 11 is 0. The van der Waals surface area contributed by atoms with Crippen LogP contribution >= 0.6 is 0 Å². The molecule has 0 saturated carbocycles. The van der Waals surface area contributed by atoms with E-state index < -0.39 is 0 Å². The summed E-state index contributed by atoms with van der Waals surface area (Å²) in [6, 6.07) is 33.9. The third kappa shape index (κ3) is 4.62. The highest BCUT2D eigenvalue weighted by Crippen LogP contribution is 2.22. The zero-order valence-corrected chi connectivity index (χ0v) is 17.5. The average Bonchev–Trinajstić information content (AvgIpc) is 2.86. The first kappa shape index (κ1) is 19.4. The quantitative estimate of drug-likeness (QED) is 0.228. The Hall–Kier alpha value is -4.52. The molecule has 0 nitrogen and oxygen atoms in total. The van der Waals surface area contributed by atoms with E-state index >= 15 is 0 Å². The Morgan fingerprint density at radius 1 is 0.250 bits per heavy atom. The minimum atomic E-state index is 1.10. The van der Waals surface area contributed by atoms with Crippen molar-refractivity contribution in [2.24, 2.45) is 0 Å². The van der Waals surface area contributed by atoms with E-state index in [9.17, 15) is 0 Å². The lowest BCUT2D eigenvalue weighted by molar-refractivity contribution is 1.58. The zero-order valence-electron chi connectivity index (χ0n) is 17.5. The molecule has 0 heterocycles. The maximum Gasteiger partial charge on any atom is -0.00427 e. The number of rotatable bonds is 0. The van der Waals surface area contributed by atoms with Gasteiger partial charge in [0.25, 0.3) is 0 Å². The monoisotopic (exact) mass is 404 g/mol. The molecular formula is C32H20. The van der Waals surface area contributed by atoms with E-state index in [0.29, 0.717) is 0 Å². The summed E-state index contributed by atoms with van der Waals surface area (Å²) in [5.41, 5.74) is 21.7. The van der Waals surface area contributed by atoms with Crippen molar-refractivity contribution in [3.05, 3.63) is 142 Å². The van der Waals surface area contributed by atoms with Crippen molar-refractivity contribution < 1.29 is 0 Å². The molecule has 4 aromatic carbocycles. The summed E-state index contributed by atoms with van der Waals surface area (Å²) in [7, 11) is 0. The number of hydrogen-bond donors (Lipinski definition) is 0. The van der Waals surface area contributed by atoms with E-state index in [-0.39, 0.29) is 0 Å². The van der Waals surface area contributed by atoms with Gasteiger partial charge in [0.15, 0.2) is 0 Å². The second-order valence-electron chi connectivity index (χ2n) is 7.64. The van der Waals surface area contributed by atoms with Crippen LogP contribution in [0.25, 0.3) is 46.6 Å². The SMILES string of the molecule is C1=C=Cc2ccc(cc2)-c2ccc(cc2)C=C=C=Cc2ccc(cc2)-c2ccc(cc2)C=1. The molecule has 0 spiro atoms. The fourth-order valence-corrected chi connectivity index (χ4v) is 3.59. The summed E-state index contributed by atoms with van der Waals surface area (Å²) in [4.78, 5) is 0. The van der Waals surface area contributed by atoms with Gasteiger partial charge in [0, 0.05) is 0 Å². The molecule has 148 valence electrons. The Bertz CT molecular complexity index is 1200. The molecule has 11 rings (SSSR count). The summed E-state index contributed by atoms with van der Waals surface area (Å²) < 4.78 is 0. The summed E-state index contributed by atoms with van der Waals surface area (Å²) in [6.45, 7) is 0. The van der Waals surface area contributed by atoms with E-state index in [1.54, 1.807) is 0 Å². The zero-order chi connectivity index (χ0) is 21.6. The lowest BCUT2D eigenvalue weighted by Gasteiger charge is -2.03. The molecule has 0 aliphatic heterocycles. The minimum Gasteiger partial charge on any atom is -0.0696 e. The standard InChI is InChI=1S/C32H20/c1-2-6-26-11-19-30(20-12-26)32-23-15-28(16-24-32)8-4-3-7-27-13-21-31(22-14-27)29-17-9-25(5-1)10-18-29/h5-24H. The summed E-state index contributed by atoms with van der Waals surface area (Å²) in [5.74, 6) is 0. The molecule has 0 saturated heterocycles. The van der Waals surface area contributed by atoms with Gasteiger partial charge in [-0.2, -0.15) is 0 Å². The predicted molar refractivity (Wildman–Crippen MR) is 136 cm³/mol. The van der Waals surface area contributed by atoms with E-state index in [1.807, 2.05) is 24.3 Å². The van der Waals surface area contributed by atoms with Gasteiger partial charge in [-0.3, -0.25) is 0 Å². The van der Waals surface area contributed by atoms with Crippen molar-refractivity contribution in [3.63, 3.8) is 0 Å². The van der Waals surface area contributed by atoms with E-state index in [1.165, 1.54) is 22.3 Å². The Balaban J connectivity index is 1.57. The molecule has 0 fully saturated rings. The van der Waals surface area contributed by atoms with Gasteiger partial charge in [0.1, 0.15) is 0 Å². The van der Waals surface area contributed by atoms with Crippen molar-refractivity contribution in [2.45, 2.75) is 0 Å². The minimum absolute atomic E-state index is 1.10. The van der Waals surface area contributed by atoms with Crippen molar-refractivity contribution in [2.75, 3.05) is 0 Å². The summed E-state index contributed by atoms with van der Waals surface area (Å²) in [5, 5.41) is 0. The first-order valence-electron chi connectivity index (χ1n) is 10.6. The molecule has 0 aromatic heterocycles. The Morgan fingerprint density at radius 3 is 0.625 bits per heavy atom. The van der Waals surface area contributed by atoms with Gasteiger partial charge >= 0.3 is 0 Å². The van der Waals surface area contributed by atoms with Crippen LogP contribution in [0.4, 0.5) is 0 Å². The molecular weight excluding hydrogens is 384 g/mol. The van der Waals surface area contributed by atoms with Crippen LogP contribution in [0, 0.1) is 0 Å². The number of benzene rings is 4. The first-order chi connectivity index (χ1) is 15.8.